The molecule has 0 atom stereocenters. The number of hydrogen-bond acceptors (Lipinski definition) is 1. The summed E-state index contributed by atoms with van der Waals surface area (Å²) in [5.74, 6) is 0. The van der Waals surface area contributed by atoms with E-state index >= 15 is 0 Å². The fourth-order valence-electron chi connectivity index (χ4n) is 7.91. The Balaban J connectivity index is 1.33. The maximum absolute atomic E-state index is 2.43. The lowest BCUT2D eigenvalue weighted by atomic mass is 9.99. The van der Waals surface area contributed by atoms with Crippen LogP contribution in [0.3, 0.4) is 0 Å². The van der Waals surface area contributed by atoms with Crippen LogP contribution < -0.4 is 4.90 Å². The molecule has 51 heavy (non-hydrogen) atoms. The van der Waals surface area contributed by atoms with E-state index in [-0.39, 0.29) is 0 Å². The normalized spacial score (nSPS) is 11.5. The molecular formula is C48H33N3. The Morgan fingerprint density at radius 1 is 0.314 bits per heavy atom. The van der Waals surface area contributed by atoms with E-state index in [2.05, 4.69) is 214 Å². The average Bonchev–Trinajstić information content (AvgIpc) is 3.72. The molecule has 240 valence electrons. The van der Waals surface area contributed by atoms with E-state index in [1.165, 1.54) is 49.2 Å². The molecule has 0 amide bonds. The first kappa shape index (κ1) is 29.1. The average molecular weight is 652 g/mol. The summed E-state index contributed by atoms with van der Waals surface area (Å²) >= 11 is 0. The molecule has 0 fully saturated rings. The maximum Gasteiger partial charge on any atom is 0.0619 e. The van der Waals surface area contributed by atoms with Crippen molar-refractivity contribution in [2.24, 2.45) is 0 Å². The smallest absolute Gasteiger partial charge is 0.0619 e. The van der Waals surface area contributed by atoms with E-state index in [0.29, 0.717) is 0 Å². The van der Waals surface area contributed by atoms with Gasteiger partial charge in [-0.2, -0.15) is 0 Å². The van der Waals surface area contributed by atoms with E-state index < -0.39 is 0 Å². The first-order valence-corrected chi connectivity index (χ1v) is 17.5. The summed E-state index contributed by atoms with van der Waals surface area (Å²) in [5, 5.41) is 4.97. The third kappa shape index (κ3) is 4.74. The van der Waals surface area contributed by atoms with Crippen LogP contribution in [0.5, 0.6) is 0 Å². The summed E-state index contributed by atoms with van der Waals surface area (Å²) < 4.78 is 4.86. The molecule has 0 aliphatic rings. The van der Waals surface area contributed by atoms with Crippen molar-refractivity contribution in [3.05, 3.63) is 200 Å². The Labute approximate surface area is 296 Å². The molecule has 0 saturated carbocycles. The zero-order valence-electron chi connectivity index (χ0n) is 27.9. The molecule has 2 heterocycles. The number of fused-ring (bicyclic) bond motifs is 6. The van der Waals surface area contributed by atoms with Gasteiger partial charge in [0.15, 0.2) is 0 Å². The van der Waals surface area contributed by atoms with Gasteiger partial charge in [0, 0.05) is 55.5 Å². The van der Waals surface area contributed by atoms with Gasteiger partial charge in [-0.3, -0.25) is 0 Å². The van der Waals surface area contributed by atoms with Crippen LogP contribution in [0, 0.1) is 0 Å². The van der Waals surface area contributed by atoms with Crippen molar-refractivity contribution in [1.82, 2.24) is 9.13 Å². The van der Waals surface area contributed by atoms with Crippen LogP contribution in [-0.2, 0) is 0 Å². The summed E-state index contributed by atoms with van der Waals surface area (Å²) in [6.07, 6.45) is 0. The molecule has 0 aliphatic carbocycles. The first-order valence-electron chi connectivity index (χ1n) is 17.5. The topological polar surface area (TPSA) is 13.1 Å². The van der Waals surface area contributed by atoms with Gasteiger partial charge in [0.2, 0.25) is 0 Å². The summed E-state index contributed by atoms with van der Waals surface area (Å²) in [5.41, 5.74) is 12.6. The SMILES string of the molecule is c1ccc(N(c2ccccc2)c2cc(-c3cccc4c5ccccc5n(-c5ccccc5)c34)cc(-n3c4ccccc4c4ccccc43)c2)cc1. The minimum absolute atomic E-state index is 1.08. The van der Waals surface area contributed by atoms with Gasteiger partial charge in [-0.15, -0.1) is 0 Å². The van der Waals surface area contributed by atoms with Gasteiger partial charge in [-0.1, -0.05) is 127 Å². The lowest BCUT2D eigenvalue weighted by Gasteiger charge is -2.27. The predicted molar refractivity (Wildman–Crippen MR) is 215 cm³/mol. The summed E-state index contributed by atoms with van der Waals surface area (Å²) in [6, 6.07) is 72.2. The molecule has 0 spiro atoms. The molecule has 0 N–H and O–H groups in total. The minimum atomic E-state index is 1.08. The second-order valence-electron chi connectivity index (χ2n) is 13.0. The number of hydrogen-bond donors (Lipinski definition) is 0. The predicted octanol–water partition coefficient (Wildman–Crippen LogP) is 13.0. The third-order valence-electron chi connectivity index (χ3n) is 10.0. The molecule has 3 heteroatoms. The highest BCUT2D eigenvalue weighted by molar-refractivity contribution is 6.14. The quantitative estimate of drug-likeness (QED) is 0.174. The molecular weight excluding hydrogens is 619 g/mol. The molecule has 2 aromatic heterocycles. The van der Waals surface area contributed by atoms with Crippen LogP contribution in [0.25, 0.3) is 66.1 Å². The van der Waals surface area contributed by atoms with Crippen molar-refractivity contribution in [3.8, 4) is 22.5 Å². The highest BCUT2D eigenvalue weighted by Gasteiger charge is 2.21. The van der Waals surface area contributed by atoms with Crippen molar-refractivity contribution >= 4 is 60.7 Å². The number of rotatable bonds is 6. The Bertz CT molecular complexity index is 2750. The zero-order valence-corrected chi connectivity index (χ0v) is 27.9. The summed E-state index contributed by atoms with van der Waals surface area (Å²) in [6.45, 7) is 0. The van der Waals surface area contributed by atoms with E-state index in [1.54, 1.807) is 0 Å². The highest BCUT2D eigenvalue weighted by Crippen LogP contribution is 2.43. The van der Waals surface area contributed by atoms with E-state index in [9.17, 15) is 0 Å². The molecule has 8 aromatic carbocycles. The van der Waals surface area contributed by atoms with Crippen molar-refractivity contribution in [3.63, 3.8) is 0 Å². The van der Waals surface area contributed by atoms with E-state index in [1.807, 2.05) is 0 Å². The standard InChI is InChI=1S/C48H33N3/c1-4-17-35(18-5-1)49(36-19-6-2-7-20-36)38-31-34(32-39(33-38)50-45-28-13-10-23-41(45)42-24-11-14-29-46(42)50)40-26-16-27-44-43-25-12-15-30-47(43)51(48(40)44)37-21-8-3-9-22-37/h1-33H. The second kappa shape index (κ2) is 11.9. The van der Waals surface area contributed by atoms with Crippen LogP contribution in [0.4, 0.5) is 17.1 Å². The van der Waals surface area contributed by atoms with Gasteiger partial charge in [0.25, 0.3) is 0 Å². The van der Waals surface area contributed by atoms with Crippen molar-refractivity contribution in [1.29, 1.82) is 0 Å². The van der Waals surface area contributed by atoms with Crippen LogP contribution in [0.15, 0.2) is 200 Å². The monoisotopic (exact) mass is 651 g/mol. The number of anilines is 3. The van der Waals surface area contributed by atoms with Gasteiger partial charge < -0.3 is 14.0 Å². The largest absolute Gasteiger partial charge is 0.310 e. The lowest BCUT2D eigenvalue weighted by molar-refractivity contribution is 1.17. The number of aromatic nitrogens is 2. The van der Waals surface area contributed by atoms with Gasteiger partial charge >= 0.3 is 0 Å². The van der Waals surface area contributed by atoms with Crippen molar-refractivity contribution in [2.45, 2.75) is 0 Å². The fourth-order valence-corrected chi connectivity index (χ4v) is 7.91. The van der Waals surface area contributed by atoms with E-state index in [0.717, 1.165) is 34.0 Å². The first-order chi connectivity index (χ1) is 25.3. The van der Waals surface area contributed by atoms with Gasteiger partial charge in [0.1, 0.15) is 0 Å². The van der Waals surface area contributed by atoms with E-state index in [4.69, 9.17) is 0 Å². The number of para-hydroxylation sites is 7. The second-order valence-corrected chi connectivity index (χ2v) is 13.0. The fraction of sp³-hybridized carbons (Fsp3) is 0. The lowest BCUT2D eigenvalue weighted by Crippen LogP contribution is -2.10. The minimum Gasteiger partial charge on any atom is -0.310 e. The zero-order chi connectivity index (χ0) is 33.7. The molecule has 0 radical (unpaired) electrons. The number of nitrogens with zero attached hydrogens (tertiary/aromatic N) is 3. The van der Waals surface area contributed by atoms with Crippen LogP contribution in [0.2, 0.25) is 0 Å². The Morgan fingerprint density at radius 3 is 1.37 bits per heavy atom. The van der Waals surface area contributed by atoms with Crippen molar-refractivity contribution < 1.29 is 0 Å². The Morgan fingerprint density at radius 2 is 0.784 bits per heavy atom. The molecule has 0 bridgehead atoms. The molecule has 10 aromatic rings. The Hall–Kier alpha value is -6.84. The molecule has 0 unspecified atom stereocenters. The van der Waals surface area contributed by atoms with Crippen LogP contribution in [0.1, 0.15) is 0 Å². The van der Waals surface area contributed by atoms with Crippen LogP contribution >= 0.6 is 0 Å². The maximum atomic E-state index is 2.43. The van der Waals surface area contributed by atoms with Crippen molar-refractivity contribution in [2.75, 3.05) is 4.90 Å². The van der Waals surface area contributed by atoms with Gasteiger partial charge in [-0.05, 0) is 78.4 Å². The number of benzene rings is 8. The summed E-state index contributed by atoms with van der Waals surface area (Å²) in [4.78, 5) is 2.37. The molecule has 0 aliphatic heterocycles. The van der Waals surface area contributed by atoms with Gasteiger partial charge in [0.05, 0.1) is 22.1 Å². The highest BCUT2D eigenvalue weighted by atomic mass is 15.1. The molecule has 0 saturated heterocycles. The van der Waals surface area contributed by atoms with Crippen LogP contribution in [-0.4, -0.2) is 9.13 Å². The Kier molecular flexibility index (Phi) is 6.81. The molecule has 3 nitrogen and oxygen atoms in total. The summed E-state index contributed by atoms with van der Waals surface area (Å²) in [7, 11) is 0. The van der Waals surface area contributed by atoms with Gasteiger partial charge in [-0.25, -0.2) is 0 Å². The molecule has 10 rings (SSSR count). The third-order valence-corrected chi connectivity index (χ3v) is 10.0.